The first-order valence-electron chi connectivity index (χ1n) is 6.53. The van der Waals surface area contributed by atoms with Gasteiger partial charge in [0.15, 0.2) is 0 Å². The number of methoxy groups -OCH3 is 1. The van der Waals surface area contributed by atoms with Crippen LogP contribution in [0.15, 0.2) is 18.2 Å². The van der Waals surface area contributed by atoms with Gasteiger partial charge in [-0.25, -0.2) is 4.39 Å². The van der Waals surface area contributed by atoms with Crippen LogP contribution in [0.4, 0.5) is 4.39 Å². The molecule has 1 unspecified atom stereocenters. The summed E-state index contributed by atoms with van der Waals surface area (Å²) in [5, 5.41) is 7.37. The average Bonchev–Trinajstić information content (AvgIpc) is 2.87. The number of halogens is 1. The molecule has 0 fully saturated rings. The van der Waals surface area contributed by atoms with Crippen LogP contribution in [0.1, 0.15) is 35.5 Å². The Morgan fingerprint density at radius 2 is 2.25 bits per heavy atom. The minimum Gasteiger partial charge on any atom is -0.497 e. The first kappa shape index (κ1) is 14.9. The minimum atomic E-state index is -0.286. The number of ether oxygens (including phenoxy) is 1. The van der Waals surface area contributed by atoms with Crippen molar-refractivity contribution in [3.05, 3.63) is 40.2 Å². The first-order valence-corrected chi connectivity index (χ1v) is 7.30. The second kappa shape index (κ2) is 6.76. The predicted molar refractivity (Wildman–Crippen MR) is 77.7 cm³/mol. The lowest BCUT2D eigenvalue weighted by Gasteiger charge is -2.18. The lowest BCUT2D eigenvalue weighted by Crippen LogP contribution is -2.24. The third-order valence-corrected chi connectivity index (χ3v) is 3.96. The van der Waals surface area contributed by atoms with Crippen molar-refractivity contribution in [3.8, 4) is 5.75 Å². The van der Waals surface area contributed by atoms with E-state index in [1.54, 1.807) is 12.1 Å². The number of nitrogens with zero attached hydrogens (tertiary/aromatic N) is 2. The van der Waals surface area contributed by atoms with Gasteiger partial charge in [-0.2, -0.15) is 0 Å². The van der Waals surface area contributed by atoms with Crippen LogP contribution in [-0.2, 0) is 0 Å². The standard InChI is InChI=1S/C14H18FN3OS/c1-4-7-16-13(14-9(2)17-18-20-14)11-6-5-10(19-3)8-12(11)15/h5-6,8,13,16H,4,7H2,1-3H3. The summed E-state index contributed by atoms with van der Waals surface area (Å²) in [6.07, 6.45) is 0.972. The number of hydrogen-bond donors (Lipinski definition) is 1. The van der Waals surface area contributed by atoms with E-state index in [1.165, 1.54) is 24.7 Å². The molecule has 0 aliphatic rings. The van der Waals surface area contributed by atoms with Gasteiger partial charge >= 0.3 is 0 Å². The Morgan fingerprint density at radius 3 is 2.80 bits per heavy atom. The van der Waals surface area contributed by atoms with Gasteiger partial charge < -0.3 is 10.1 Å². The highest BCUT2D eigenvalue weighted by molar-refractivity contribution is 7.05. The molecule has 1 N–H and O–H groups in total. The van der Waals surface area contributed by atoms with Crippen molar-refractivity contribution in [2.24, 2.45) is 0 Å². The smallest absolute Gasteiger partial charge is 0.132 e. The Bertz CT molecular complexity index is 573. The van der Waals surface area contributed by atoms with E-state index >= 15 is 0 Å². The number of aryl methyl sites for hydroxylation is 1. The van der Waals surface area contributed by atoms with Crippen LogP contribution < -0.4 is 10.1 Å². The molecule has 108 valence electrons. The lowest BCUT2D eigenvalue weighted by molar-refractivity contribution is 0.410. The van der Waals surface area contributed by atoms with E-state index < -0.39 is 0 Å². The highest BCUT2D eigenvalue weighted by Gasteiger charge is 2.22. The zero-order valence-corrected chi connectivity index (χ0v) is 12.6. The molecular weight excluding hydrogens is 277 g/mol. The molecule has 0 bridgehead atoms. The fourth-order valence-electron chi connectivity index (χ4n) is 2.00. The molecule has 20 heavy (non-hydrogen) atoms. The number of hydrogen-bond acceptors (Lipinski definition) is 5. The quantitative estimate of drug-likeness (QED) is 0.889. The summed E-state index contributed by atoms with van der Waals surface area (Å²) in [6, 6.07) is 4.70. The molecule has 0 aliphatic heterocycles. The van der Waals surface area contributed by atoms with Crippen molar-refractivity contribution >= 4 is 11.5 Å². The fourth-order valence-corrected chi connectivity index (χ4v) is 2.74. The molecule has 1 aromatic heterocycles. The maximum atomic E-state index is 14.3. The van der Waals surface area contributed by atoms with Crippen molar-refractivity contribution in [1.82, 2.24) is 14.9 Å². The van der Waals surface area contributed by atoms with Crippen molar-refractivity contribution in [2.45, 2.75) is 26.3 Å². The molecule has 4 nitrogen and oxygen atoms in total. The zero-order valence-electron chi connectivity index (χ0n) is 11.8. The second-order valence-electron chi connectivity index (χ2n) is 4.50. The van der Waals surface area contributed by atoms with E-state index in [2.05, 4.69) is 21.8 Å². The van der Waals surface area contributed by atoms with Gasteiger partial charge in [-0.1, -0.05) is 17.5 Å². The Balaban J connectivity index is 2.38. The highest BCUT2D eigenvalue weighted by atomic mass is 32.1. The van der Waals surface area contributed by atoms with Crippen LogP contribution >= 0.6 is 11.5 Å². The summed E-state index contributed by atoms with van der Waals surface area (Å²) in [7, 11) is 1.53. The van der Waals surface area contributed by atoms with E-state index in [-0.39, 0.29) is 11.9 Å². The monoisotopic (exact) mass is 295 g/mol. The topological polar surface area (TPSA) is 47.0 Å². The Labute approximate surface area is 122 Å². The Kier molecular flexibility index (Phi) is 5.03. The summed E-state index contributed by atoms with van der Waals surface area (Å²) in [4.78, 5) is 0.947. The van der Waals surface area contributed by atoms with Crippen LogP contribution in [0, 0.1) is 12.7 Å². The number of aromatic nitrogens is 2. The van der Waals surface area contributed by atoms with Crippen molar-refractivity contribution < 1.29 is 9.13 Å². The van der Waals surface area contributed by atoms with Crippen LogP contribution in [0.3, 0.4) is 0 Å². The summed E-state index contributed by atoms with van der Waals surface area (Å²) < 4.78 is 23.3. The van der Waals surface area contributed by atoms with Gasteiger partial charge in [-0.15, -0.1) is 5.10 Å². The molecule has 0 aliphatic carbocycles. The maximum absolute atomic E-state index is 14.3. The third-order valence-electron chi connectivity index (χ3n) is 3.07. The molecule has 0 amide bonds. The zero-order chi connectivity index (χ0) is 14.5. The summed E-state index contributed by atoms with van der Waals surface area (Å²) in [6.45, 7) is 4.76. The summed E-state index contributed by atoms with van der Waals surface area (Å²) in [5.74, 6) is 0.227. The van der Waals surface area contributed by atoms with Crippen LogP contribution in [0.25, 0.3) is 0 Å². The summed E-state index contributed by atoms with van der Waals surface area (Å²) in [5.41, 5.74) is 1.42. The molecule has 0 saturated heterocycles. The second-order valence-corrected chi connectivity index (χ2v) is 5.28. The molecule has 1 aromatic carbocycles. The van der Waals surface area contributed by atoms with Crippen molar-refractivity contribution in [2.75, 3.05) is 13.7 Å². The predicted octanol–water partition coefficient (Wildman–Crippen LogP) is 3.08. The average molecular weight is 295 g/mol. The van der Waals surface area contributed by atoms with E-state index in [0.29, 0.717) is 11.3 Å². The summed E-state index contributed by atoms with van der Waals surface area (Å²) >= 11 is 1.30. The van der Waals surface area contributed by atoms with E-state index in [4.69, 9.17) is 4.74 Å². The third kappa shape index (κ3) is 3.13. The number of benzene rings is 1. The highest BCUT2D eigenvalue weighted by Crippen LogP contribution is 2.30. The Morgan fingerprint density at radius 1 is 1.45 bits per heavy atom. The van der Waals surface area contributed by atoms with Gasteiger partial charge in [-0.3, -0.25) is 0 Å². The molecule has 6 heteroatoms. The molecule has 0 spiro atoms. The van der Waals surface area contributed by atoms with Gasteiger partial charge in [0.25, 0.3) is 0 Å². The van der Waals surface area contributed by atoms with Crippen molar-refractivity contribution in [3.63, 3.8) is 0 Å². The lowest BCUT2D eigenvalue weighted by atomic mass is 10.0. The van der Waals surface area contributed by atoms with Gasteiger partial charge in [-0.05, 0) is 37.5 Å². The molecule has 1 heterocycles. The number of nitrogens with one attached hydrogen (secondary N) is 1. The largest absolute Gasteiger partial charge is 0.497 e. The fraction of sp³-hybridized carbons (Fsp3) is 0.429. The van der Waals surface area contributed by atoms with Gasteiger partial charge in [0.2, 0.25) is 0 Å². The SMILES string of the molecule is CCCNC(c1ccc(OC)cc1F)c1snnc1C. The van der Waals surface area contributed by atoms with E-state index in [0.717, 1.165) is 23.5 Å². The van der Waals surface area contributed by atoms with Crippen LogP contribution in [-0.4, -0.2) is 23.2 Å². The molecule has 2 rings (SSSR count). The molecule has 0 radical (unpaired) electrons. The van der Waals surface area contributed by atoms with Crippen LogP contribution in [0.2, 0.25) is 0 Å². The van der Waals surface area contributed by atoms with E-state index in [1.807, 2.05) is 6.92 Å². The van der Waals surface area contributed by atoms with Crippen LogP contribution in [0.5, 0.6) is 5.75 Å². The van der Waals surface area contributed by atoms with E-state index in [9.17, 15) is 4.39 Å². The normalized spacial score (nSPS) is 12.4. The minimum absolute atomic E-state index is 0.221. The maximum Gasteiger partial charge on any atom is 0.132 e. The van der Waals surface area contributed by atoms with Gasteiger partial charge in [0.1, 0.15) is 11.6 Å². The first-order chi connectivity index (χ1) is 9.67. The molecular formula is C14H18FN3OS. The van der Waals surface area contributed by atoms with Gasteiger partial charge in [0.05, 0.1) is 23.7 Å². The molecule has 0 saturated carbocycles. The molecule has 2 aromatic rings. The van der Waals surface area contributed by atoms with Crippen molar-refractivity contribution in [1.29, 1.82) is 0 Å². The van der Waals surface area contributed by atoms with Gasteiger partial charge in [0, 0.05) is 11.6 Å². The Hall–Kier alpha value is -1.53. The number of rotatable bonds is 6. The molecule has 1 atom stereocenters.